The zero-order valence-corrected chi connectivity index (χ0v) is 12.2. The molecule has 0 spiro atoms. The van der Waals surface area contributed by atoms with Crippen LogP contribution in [0.2, 0.25) is 0 Å². The summed E-state index contributed by atoms with van der Waals surface area (Å²) in [4.78, 5) is 14.0. The fourth-order valence-corrected chi connectivity index (χ4v) is 2.10. The number of anilines is 2. The molecule has 0 bridgehead atoms. The Balaban J connectivity index is 1.80. The molecule has 1 amide bonds. The lowest BCUT2D eigenvalue weighted by Gasteiger charge is -2.13. The van der Waals surface area contributed by atoms with Crippen molar-refractivity contribution in [1.29, 1.82) is 0 Å². The summed E-state index contributed by atoms with van der Waals surface area (Å²) in [7, 11) is 4.09. The summed E-state index contributed by atoms with van der Waals surface area (Å²) in [5, 5.41) is 6.22. The fourth-order valence-electron chi connectivity index (χ4n) is 2.10. The van der Waals surface area contributed by atoms with Gasteiger partial charge >= 0.3 is 0 Å². The quantitative estimate of drug-likeness (QED) is 0.832. The number of nitrogens with one attached hydrogen (secondary N) is 2. The van der Waals surface area contributed by atoms with Gasteiger partial charge in [-0.15, -0.1) is 0 Å². The lowest BCUT2D eigenvalue weighted by atomic mass is 10.2. The predicted molar refractivity (Wildman–Crippen MR) is 81.1 cm³/mol. The first-order chi connectivity index (χ1) is 9.65. The summed E-state index contributed by atoms with van der Waals surface area (Å²) in [5.41, 5.74) is 1.87. The zero-order valence-electron chi connectivity index (χ0n) is 12.2. The molecule has 2 rings (SSSR count). The molecule has 1 saturated heterocycles. The normalized spacial score (nSPS) is 18.2. The van der Waals surface area contributed by atoms with Crippen molar-refractivity contribution in [1.82, 2.24) is 4.90 Å². The van der Waals surface area contributed by atoms with Gasteiger partial charge in [-0.2, -0.15) is 0 Å². The maximum atomic E-state index is 11.9. The topological polar surface area (TPSA) is 53.6 Å². The first-order valence-electron chi connectivity index (χ1n) is 7.06. The molecule has 1 heterocycles. The first-order valence-corrected chi connectivity index (χ1v) is 7.06. The van der Waals surface area contributed by atoms with Gasteiger partial charge in [0.15, 0.2) is 0 Å². The minimum absolute atomic E-state index is 0.0455. The Morgan fingerprint density at radius 2 is 2.00 bits per heavy atom. The largest absolute Gasteiger partial charge is 0.384 e. The van der Waals surface area contributed by atoms with E-state index >= 15 is 0 Å². The average molecular weight is 277 g/mol. The van der Waals surface area contributed by atoms with E-state index in [1.165, 1.54) is 0 Å². The molecule has 0 radical (unpaired) electrons. The Hall–Kier alpha value is -1.59. The number of benzene rings is 1. The first kappa shape index (κ1) is 14.8. The second-order valence-corrected chi connectivity index (χ2v) is 5.30. The monoisotopic (exact) mass is 277 g/mol. The molecule has 1 unspecified atom stereocenters. The molecule has 2 N–H and O–H groups in total. The SMILES string of the molecule is CN(C)CCNc1ccc(NC(=O)C2CCCO2)cc1. The van der Waals surface area contributed by atoms with Gasteiger partial charge in [-0.1, -0.05) is 0 Å². The van der Waals surface area contributed by atoms with E-state index in [0.29, 0.717) is 6.61 Å². The third-order valence-corrected chi connectivity index (χ3v) is 3.26. The molecular weight excluding hydrogens is 254 g/mol. The Morgan fingerprint density at radius 1 is 1.30 bits per heavy atom. The summed E-state index contributed by atoms with van der Waals surface area (Å²) in [6, 6.07) is 7.76. The molecule has 0 aliphatic carbocycles. The van der Waals surface area contributed by atoms with Gasteiger partial charge in [0.05, 0.1) is 0 Å². The number of amides is 1. The van der Waals surface area contributed by atoms with Crippen LogP contribution in [-0.4, -0.2) is 50.7 Å². The van der Waals surface area contributed by atoms with Crippen LogP contribution in [0.15, 0.2) is 24.3 Å². The molecule has 1 atom stereocenters. The third-order valence-electron chi connectivity index (χ3n) is 3.26. The van der Waals surface area contributed by atoms with Crippen molar-refractivity contribution in [3.63, 3.8) is 0 Å². The highest BCUT2D eigenvalue weighted by Crippen LogP contribution is 2.17. The molecule has 5 heteroatoms. The van der Waals surface area contributed by atoms with Crippen LogP contribution in [0.5, 0.6) is 0 Å². The standard InChI is InChI=1S/C15H23N3O2/c1-18(2)10-9-16-12-5-7-13(8-6-12)17-15(19)14-4-3-11-20-14/h5-8,14,16H,3-4,9-11H2,1-2H3,(H,17,19). The van der Waals surface area contributed by atoms with Gasteiger partial charge in [0.2, 0.25) is 0 Å². The van der Waals surface area contributed by atoms with E-state index in [9.17, 15) is 4.79 Å². The van der Waals surface area contributed by atoms with Crippen LogP contribution in [-0.2, 0) is 9.53 Å². The van der Waals surface area contributed by atoms with Gasteiger partial charge < -0.3 is 20.3 Å². The highest BCUT2D eigenvalue weighted by Gasteiger charge is 2.23. The van der Waals surface area contributed by atoms with Gasteiger partial charge in [0.25, 0.3) is 5.91 Å². The number of ether oxygens (including phenoxy) is 1. The Morgan fingerprint density at radius 3 is 2.60 bits per heavy atom. The summed E-state index contributed by atoms with van der Waals surface area (Å²) in [6.07, 6.45) is 1.50. The van der Waals surface area contributed by atoms with Gasteiger partial charge in [-0.3, -0.25) is 4.79 Å². The van der Waals surface area contributed by atoms with E-state index in [2.05, 4.69) is 15.5 Å². The van der Waals surface area contributed by atoms with Crippen molar-refractivity contribution in [3.05, 3.63) is 24.3 Å². The summed E-state index contributed by atoms with van der Waals surface area (Å²) < 4.78 is 5.36. The number of carbonyl (C=O) groups is 1. The van der Waals surface area contributed by atoms with E-state index in [4.69, 9.17) is 4.74 Å². The number of nitrogens with zero attached hydrogens (tertiary/aromatic N) is 1. The summed E-state index contributed by atoms with van der Waals surface area (Å²) >= 11 is 0. The number of hydrogen-bond acceptors (Lipinski definition) is 4. The third kappa shape index (κ3) is 4.51. The van der Waals surface area contributed by atoms with Crippen LogP contribution < -0.4 is 10.6 Å². The molecule has 0 saturated carbocycles. The van der Waals surface area contributed by atoms with Crippen LogP contribution in [0, 0.1) is 0 Å². The molecule has 20 heavy (non-hydrogen) atoms. The number of hydrogen-bond donors (Lipinski definition) is 2. The smallest absolute Gasteiger partial charge is 0.253 e. The van der Waals surface area contributed by atoms with Crippen molar-refractivity contribution in [2.45, 2.75) is 18.9 Å². The molecule has 5 nitrogen and oxygen atoms in total. The fraction of sp³-hybridized carbons (Fsp3) is 0.533. The van der Waals surface area contributed by atoms with Crippen molar-refractivity contribution >= 4 is 17.3 Å². The lowest BCUT2D eigenvalue weighted by Crippen LogP contribution is -2.26. The van der Waals surface area contributed by atoms with Crippen molar-refractivity contribution in [2.24, 2.45) is 0 Å². The molecular formula is C15H23N3O2. The minimum atomic E-state index is -0.284. The van der Waals surface area contributed by atoms with E-state index in [-0.39, 0.29) is 12.0 Å². The van der Waals surface area contributed by atoms with Crippen LogP contribution in [0.25, 0.3) is 0 Å². The summed E-state index contributed by atoms with van der Waals surface area (Å²) in [6.45, 7) is 2.57. The number of rotatable bonds is 6. The van der Waals surface area contributed by atoms with Crippen LogP contribution in [0.4, 0.5) is 11.4 Å². The lowest BCUT2D eigenvalue weighted by molar-refractivity contribution is -0.124. The highest BCUT2D eigenvalue weighted by molar-refractivity contribution is 5.94. The van der Waals surface area contributed by atoms with E-state index in [1.54, 1.807) is 0 Å². The minimum Gasteiger partial charge on any atom is -0.384 e. The number of carbonyl (C=O) groups excluding carboxylic acids is 1. The maximum absolute atomic E-state index is 11.9. The second-order valence-electron chi connectivity index (χ2n) is 5.30. The molecule has 1 fully saturated rings. The molecule has 1 aromatic carbocycles. The van der Waals surface area contributed by atoms with E-state index < -0.39 is 0 Å². The van der Waals surface area contributed by atoms with E-state index in [0.717, 1.165) is 37.3 Å². The zero-order chi connectivity index (χ0) is 14.4. The van der Waals surface area contributed by atoms with Gasteiger partial charge in [-0.05, 0) is 51.2 Å². The summed E-state index contributed by atoms with van der Waals surface area (Å²) in [5.74, 6) is -0.0455. The highest BCUT2D eigenvalue weighted by atomic mass is 16.5. The maximum Gasteiger partial charge on any atom is 0.253 e. The van der Waals surface area contributed by atoms with Gasteiger partial charge in [0.1, 0.15) is 6.10 Å². The van der Waals surface area contributed by atoms with E-state index in [1.807, 2.05) is 38.4 Å². The second kappa shape index (κ2) is 7.26. The van der Waals surface area contributed by atoms with Crippen LogP contribution >= 0.6 is 0 Å². The molecule has 1 aliphatic rings. The Labute approximate surface area is 120 Å². The van der Waals surface area contributed by atoms with Crippen LogP contribution in [0.1, 0.15) is 12.8 Å². The van der Waals surface area contributed by atoms with Crippen molar-refractivity contribution < 1.29 is 9.53 Å². The number of likely N-dealkylation sites (N-methyl/N-ethyl adjacent to an activating group) is 1. The van der Waals surface area contributed by atoms with Gasteiger partial charge in [0, 0.05) is 31.1 Å². The Bertz CT molecular complexity index is 425. The van der Waals surface area contributed by atoms with Crippen molar-refractivity contribution in [2.75, 3.05) is 44.4 Å². The molecule has 0 aromatic heterocycles. The van der Waals surface area contributed by atoms with Crippen molar-refractivity contribution in [3.8, 4) is 0 Å². The molecule has 1 aliphatic heterocycles. The average Bonchev–Trinajstić information content (AvgIpc) is 2.94. The molecule has 1 aromatic rings. The Kier molecular flexibility index (Phi) is 5.38. The van der Waals surface area contributed by atoms with Gasteiger partial charge in [-0.25, -0.2) is 0 Å². The molecule has 110 valence electrons. The predicted octanol–water partition coefficient (Wildman–Crippen LogP) is 1.78. The van der Waals surface area contributed by atoms with Crippen LogP contribution in [0.3, 0.4) is 0 Å².